The Morgan fingerprint density at radius 1 is 1.14 bits per heavy atom. The van der Waals surface area contributed by atoms with Crippen molar-refractivity contribution in [1.82, 2.24) is 10.1 Å². The monoisotopic (exact) mass is 294 g/mol. The molecule has 3 aromatic rings. The highest BCUT2D eigenvalue weighted by Crippen LogP contribution is 2.27. The summed E-state index contributed by atoms with van der Waals surface area (Å²) in [4.78, 5) is 16.6. The Morgan fingerprint density at radius 3 is 2.55 bits per heavy atom. The van der Waals surface area contributed by atoms with Crippen molar-refractivity contribution >= 4 is 16.8 Å². The van der Waals surface area contributed by atoms with E-state index >= 15 is 0 Å². The van der Waals surface area contributed by atoms with E-state index < -0.39 is 0 Å². The van der Waals surface area contributed by atoms with Gasteiger partial charge < -0.3 is 4.52 Å². The van der Waals surface area contributed by atoms with Gasteiger partial charge in [0, 0.05) is 13.3 Å². The van der Waals surface area contributed by atoms with Crippen LogP contribution in [-0.2, 0) is 6.42 Å². The van der Waals surface area contributed by atoms with E-state index in [1.807, 2.05) is 26.0 Å². The van der Waals surface area contributed by atoms with Gasteiger partial charge in [-0.3, -0.25) is 4.79 Å². The second-order valence-corrected chi connectivity index (χ2v) is 5.66. The number of aryl methyl sites for hydroxylation is 3. The molecule has 0 aliphatic rings. The van der Waals surface area contributed by atoms with E-state index in [1.165, 1.54) is 11.1 Å². The summed E-state index contributed by atoms with van der Waals surface area (Å²) in [6.07, 6.45) is 0.669. The Bertz CT molecular complexity index is 878. The molecule has 3 rings (SSSR count). The van der Waals surface area contributed by atoms with Crippen molar-refractivity contribution in [3.63, 3.8) is 0 Å². The maximum Gasteiger partial charge on any atom is 0.178 e. The minimum absolute atomic E-state index is 0.0332. The summed E-state index contributed by atoms with van der Waals surface area (Å²) in [5.74, 6) is 0.609. The molecule has 1 aromatic carbocycles. The third-order valence-corrected chi connectivity index (χ3v) is 4.11. The predicted molar refractivity (Wildman–Crippen MR) is 85.3 cm³/mol. The van der Waals surface area contributed by atoms with Crippen molar-refractivity contribution < 1.29 is 9.32 Å². The molecule has 0 amide bonds. The smallest absolute Gasteiger partial charge is 0.178 e. The van der Waals surface area contributed by atoms with E-state index in [4.69, 9.17) is 4.52 Å². The van der Waals surface area contributed by atoms with Crippen molar-refractivity contribution in [2.24, 2.45) is 0 Å². The lowest BCUT2D eigenvalue weighted by molar-refractivity contribution is 0.101. The van der Waals surface area contributed by atoms with Crippen LogP contribution in [0.15, 0.2) is 28.8 Å². The molecule has 0 N–H and O–H groups in total. The molecule has 0 spiro atoms. The third-order valence-electron chi connectivity index (χ3n) is 4.11. The van der Waals surface area contributed by atoms with Gasteiger partial charge in [-0.2, -0.15) is 0 Å². The molecule has 0 unspecified atom stereocenters. The fourth-order valence-electron chi connectivity index (χ4n) is 2.75. The number of nitrogens with zero attached hydrogens (tertiary/aromatic N) is 2. The summed E-state index contributed by atoms with van der Waals surface area (Å²) in [7, 11) is 0. The molecule has 2 heterocycles. The van der Waals surface area contributed by atoms with Crippen LogP contribution in [0.4, 0.5) is 0 Å². The van der Waals surface area contributed by atoms with Gasteiger partial charge in [0.05, 0.1) is 0 Å². The molecule has 0 aliphatic heterocycles. The number of rotatable bonds is 3. The Balaban J connectivity index is 2.23. The Labute approximate surface area is 129 Å². The molecule has 112 valence electrons. The molecule has 0 bridgehead atoms. The van der Waals surface area contributed by atoms with E-state index in [1.54, 1.807) is 6.92 Å². The first-order valence-corrected chi connectivity index (χ1v) is 7.30. The highest BCUT2D eigenvalue weighted by molar-refractivity contribution is 5.97. The number of fused-ring (bicyclic) bond motifs is 1. The van der Waals surface area contributed by atoms with Gasteiger partial charge >= 0.3 is 0 Å². The van der Waals surface area contributed by atoms with E-state index in [-0.39, 0.29) is 5.78 Å². The van der Waals surface area contributed by atoms with Crippen molar-refractivity contribution in [2.75, 3.05) is 0 Å². The van der Waals surface area contributed by atoms with Crippen LogP contribution < -0.4 is 0 Å². The van der Waals surface area contributed by atoms with Crippen LogP contribution in [-0.4, -0.2) is 15.9 Å². The molecular formula is C18H18N2O2. The van der Waals surface area contributed by atoms with Crippen molar-refractivity contribution in [3.05, 3.63) is 58.0 Å². The summed E-state index contributed by atoms with van der Waals surface area (Å²) < 4.78 is 5.24. The Kier molecular flexibility index (Phi) is 3.53. The fraction of sp³-hybridized carbons (Fsp3) is 0.278. The van der Waals surface area contributed by atoms with Gasteiger partial charge in [0.1, 0.15) is 16.7 Å². The third kappa shape index (κ3) is 2.30. The van der Waals surface area contributed by atoms with Crippen molar-refractivity contribution in [1.29, 1.82) is 0 Å². The first kappa shape index (κ1) is 14.4. The normalized spacial score (nSPS) is 11.1. The molecule has 0 saturated heterocycles. The quantitative estimate of drug-likeness (QED) is 0.686. The lowest BCUT2D eigenvalue weighted by atomic mass is 9.94. The summed E-state index contributed by atoms with van der Waals surface area (Å²) in [6.45, 7) is 7.42. The number of hydrogen-bond donors (Lipinski definition) is 0. The highest BCUT2D eigenvalue weighted by Gasteiger charge is 2.20. The van der Waals surface area contributed by atoms with Crippen molar-refractivity contribution in [3.8, 4) is 0 Å². The van der Waals surface area contributed by atoms with Crippen LogP contribution in [0.1, 0.15) is 45.4 Å². The van der Waals surface area contributed by atoms with Gasteiger partial charge in [0.15, 0.2) is 11.5 Å². The van der Waals surface area contributed by atoms with Gasteiger partial charge in [-0.25, -0.2) is 4.98 Å². The van der Waals surface area contributed by atoms with E-state index in [0.717, 1.165) is 16.6 Å². The summed E-state index contributed by atoms with van der Waals surface area (Å²) in [5, 5.41) is 4.09. The largest absolute Gasteiger partial charge is 0.359 e. The van der Waals surface area contributed by atoms with Gasteiger partial charge in [-0.1, -0.05) is 29.4 Å². The van der Waals surface area contributed by atoms with Crippen LogP contribution in [0.2, 0.25) is 0 Å². The van der Waals surface area contributed by atoms with Crippen LogP contribution in [0.3, 0.4) is 0 Å². The van der Waals surface area contributed by atoms with Crippen molar-refractivity contribution in [2.45, 2.75) is 34.1 Å². The van der Waals surface area contributed by atoms with Crippen LogP contribution in [0, 0.1) is 20.8 Å². The van der Waals surface area contributed by atoms with Gasteiger partial charge in [-0.15, -0.1) is 0 Å². The SMILES string of the molecule is CC(=O)c1nc2c(C)onc2c(C)c1Cc1ccccc1C. The molecule has 4 nitrogen and oxygen atoms in total. The van der Waals surface area contributed by atoms with Gasteiger partial charge in [-0.05, 0) is 43.0 Å². The number of ketones is 1. The zero-order valence-corrected chi connectivity index (χ0v) is 13.2. The van der Waals surface area contributed by atoms with Gasteiger partial charge in [0.2, 0.25) is 0 Å². The second-order valence-electron chi connectivity index (χ2n) is 5.66. The number of hydrogen-bond acceptors (Lipinski definition) is 4. The average molecular weight is 294 g/mol. The number of carbonyl (C=O) groups excluding carboxylic acids is 1. The minimum Gasteiger partial charge on any atom is -0.359 e. The molecule has 0 saturated carbocycles. The lowest BCUT2D eigenvalue weighted by Crippen LogP contribution is -2.08. The van der Waals surface area contributed by atoms with Crippen LogP contribution >= 0.6 is 0 Å². The molecule has 0 fully saturated rings. The maximum atomic E-state index is 12.1. The second kappa shape index (κ2) is 5.37. The highest BCUT2D eigenvalue weighted by atomic mass is 16.5. The number of aromatic nitrogens is 2. The van der Waals surface area contributed by atoms with E-state index in [2.05, 4.69) is 29.2 Å². The molecule has 0 radical (unpaired) electrons. The predicted octanol–water partition coefficient (Wildman–Crippen LogP) is 3.94. The van der Waals surface area contributed by atoms with Crippen LogP contribution in [0.25, 0.3) is 11.0 Å². The van der Waals surface area contributed by atoms with E-state index in [9.17, 15) is 4.79 Å². The number of Topliss-reactive ketones (excluding diaryl/α,β-unsaturated/α-hetero) is 1. The Morgan fingerprint density at radius 2 is 1.86 bits per heavy atom. The minimum atomic E-state index is -0.0332. The summed E-state index contributed by atoms with van der Waals surface area (Å²) in [6, 6.07) is 8.18. The molecule has 4 heteroatoms. The zero-order valence-electron chi connectivity index (χ0n) is 13.2. The molecule has 2 aromatic heterocycles. The summed E-state index contributed by atoms with van der Waals surface area (Å²) in [5.41, 5.74) is 6.22. The average Bonchev–Trinajstić information content (AvgIpc) is 2.85. The number of pyridine rings is 1. The van der Waals surface area contributed by atoms with Crippen LogP contribution in [0.5, 0.6) is 0 Å². The summed E-state index contributed by atoms with van der Waals surface area (Å²) >= 11 is 0. The first-order chi connectivity index (χ1) is 10.5. The van der Waals surface area contributed by atoms with E-state index in [0.29, 0.717) is 23.4 Å². The molecule has 0 aliphatic carbocycles. The topological polar surface area (TPSA) is 56.0 Å². The Hall–Kier alpha value is -2.49. The number of benzene rings is 1. The molecule has 22 heavy (non-hydrogen) atoms. The first-order valence-electron chi connectivity index (χ1n) is 7.30. The lowest BCUT2D eigenvalue weighted by Gasteiger charge is -2.12. The van der Waals surface area contributed by atoms with Gasteiger partial charge in [0.25, 0.3) is 0 Å². The fourth-order valence-corrected chi connectivity index (χ4v) is 2.75. The standard InChI is InChI=1S/C18H18N2O2/c1-10-7-5-6-8-14(10)9-15-11(2)16-18(13(4)22-20-16)19-17(15)12(3)21/h5-8H,9H2,1-4H3. The number of carbonyl (C=O) groups is 1. The molecule has 0 atom stereocenters. The maximum absolute atomic E-state index is 12.1. The zero-order chi connectivity index (χ0) is 15.9. The molecular weight excluding hydrogens is 276 g/mol.